The number of hydrogen-bond acceptors (Lipinski definition) is 3. The molecular weight excluding hydrogens is 196 g/mol. The highest BCUT2D eigenvalue weighted by Crippen LogP contribution is 2.15. The van der Waals surface area contributed by atoms with Crippen molar-refractivity contribution in [3.63, 3.8) is 0 Å². The smallest absolute Gasteiger partial charge is 0.306 e. The highest BCUT2D eigenvalue weighted by atomic mass is 16.5. The van der Waals surface area contributed by atoms with Gasteiger partial charge in [0.25, 0.3) is 0 Å². The molecule has 88 valence electrons. The minimum absolute atomic E-state index is 0.203. The van der Waals surface area contributed by atoms with Gasteiger partial charge in [-0.15, -0.1) is 0 Å². The molecule has 0 aliphatic rings. The topological polar surface area (TPSA) is 63.6 Å². The van der Waals surface area contributed by atoms with Crippen molar-refractivity contribution < 1.29 is 19.4 Å². The lowest BCUT2D eigenvalue weighted by molar-refractivity contribution is -0.145. The number of aliphatic carboxylic acids is 1. The first-order valence-electron chi connectivity index (χ1n) is 5.50. The first-order chi connectivity index (χ1) is 7.11. The van der Waals surface area contributed by atoms with Crippen LogP contribution in [0.2, 0.25) is 0 Å². The second kappa shape index (κ2) is 8.26. The molecule has 0 aromatic rings. The van der Waals surface area contributed by atoms with E-state index in [9.17, 15) is 9.59 Å². The summed E-state index contributed by atoms with van der Waals surface area (Å²) < 4.78 is 4.74. The Bertz CT molecular complexity index is 199. The molecule has 1 atom stereocenters. The zero-order valence-electron chi connectivity index (χ0n) is 9.49. The third-order valence-electron chi connectivity index (χ3n) is 2.26. The van der Waals surface area contributed by atoms with Gasteiger partial charge in [-0.1, -0.05) is 19.8 Å². The highest BCUT2D eigenvalue weighted by molar-refractivity contribution is 5.73. The summed E-state index contributed by atoms with van der Waals surface area (Å²) in [7, 11) is 0. The van der Waals surface area contributed by atoms with Crippen molar-refractivity contribution >= 4 is 11.9 Å². The van der Waals surface area contributed by atoms with Crippen molar-refractivity contribution in [1.82, 2.24) is 0 Å². The zero-order chi connectivity index (χ0) is 11.7. The summed E-state index contributed by atoms with van der Waals surface area (Å²) in [5, 5.41) is 8.89. The fourth-order valence-corrected chi connectivity index (χ4v) is 1.37. The first kappa shape index (κ1) is 13.9. The lowest BCUT2D eigenvalue weighted by Gasteiger charge is -2.10. The second-order valence-electron chi connectivity index (χ2n) is 3.52. The molecule has 0 amide bonds. The molecule has 0 rings (SSSR count). The quantitative estimate of drug-likeness (QED) is 0.632. The molecule has 0 spiro atoms. The molecule has 0 bridgehead atoms. The van der Waals surface area contributed by atoms with Crippen LogP contribution in [-0.4, -0.2) is 23.7 Å². The second-order valence-corrected chi connectivity index (χ2v) is 3.52. The molecule has 0 aliphatic heterocycles. The van der Waals surface area contributed by atoms with Crippen molar-refractivity contribution in [3.8, 4) is 0 Å². The lowest BCUT2D eigenvalue weighted by atomic mass is 9.97. The molecule has 0 aromatic carbocycles. The number of esters is 1. The van der Waals surface area contributed by atoms with Crippen molar-refractivity contribution in [2.45, 2.75) is 46.0 Å². The van der Waals surface area contributed by atoms with Crippen LogP contribution in [0.4, 0.5) is 0 Å². The molecule has 0 fully saturated rings. The van der Waals surface area contributed by atoms with E-state index in [-0.39, 0.29) is 12.4 Å². The van der Waals surface area contributed by atoms with Crippen LogP contribution in [0.3, 0.4) is 0 Å². The average molecular weight is 216 g/mol. The number of ether oxygens (including phenoxy) is 1. The number of carboxylic acids is 1. The van der Waals surface area contributed by atoms with E-state index in [0.717, 1.165) is 12.8 Å². The van der Waals surface area contributed by atoms with Gasteiger partial charge in [0.15, 0.2) is 0 Å². The zero-order valence-corrected chi connectivity index (χ0v) is 9.49. The molecule has 4 nitrogen and oxygen atoms in total. The van der Waals surface area contributed by atoms with Crippen LogP contribution in [0.1, 0.15) is 46.0 Å². The van der Waals surface area contributed by atoms with Crippen LogP contribution in [0, 0.1) is 5.92 Å². The van der Waals surface area contributed by atoms with Crippen LogP contribution in [0.5, 0.6) is 0 Å². The molecule has 0 saturated carbocycles. The summed E-state index contributed by atoms with van der Waals surface area (Å²) in [5.41, 5.74) is 0. The summed E-state index contributed by atoms with van der Waals surface area (Å²) in [6.07, 6.45) is 3.09. The minimum Gasteiger partial charge on any atom is -0.481 e. The van der Waals surface area contributed by atoms with Crippen LogP contribution in [0.15, 0.2) is 0 Å². The third kappa shape index (κ3) is 6.94. The van der Waals surface area contributed by atoms with Gasteiger partial charge in [-0.2, -0.15) is 0 Å². The molecular formula is C11H20O4. The molecule has 0 radical (unpaired) electrons. The Morgan fingerprint density at radius 2 is 1.93 bits per heavy atom. The number of carboxylic acid groups (broad SMARTS) is 1. The fourth-order valence-electron chi connectivity index (χ4n) is 1.37. The predicted molar refractivity (Wildman–Crippen MR) is 56.5 cm³/mol. The Balaban J connectivity index is 3.85. The number of hydrogen-bond donors (Lipinski definition) is 1. The van der Waals surface area contributed by atoms with E-state index in [1.54, 1.807) is 6.92 Å². The molecule has 0 saturated heterocycles. The molecule has 0 aromatic heterocycles. The number of carbonyl (C=O) groups excluding carboxylic acids is 1. The van der Waals surface area contributed by atoms with Crippen LogP contribution in [-0.2, 0) is 14.3 Å². The molecule has 0 aliphatic carbocycles. The van der Waals surface area contributed by atoms with Crippen LogP contribution >= 0.6 is 0 Å². The van der Waals surface area contributed by atoms with Crippen molar-refractivity contribution in [1.29, 1.82) is 0 Å². The fraction of sp³-hybridized carbons (Fsp3) is 0.818. The summed E-state index contributed by atoms with van der Waals surface area (Å²) in [4.78, 5) is 21.9. The van der Waals surface area contributed by atoms with Crippen LogP contribution in [0.25, 0.3) is 0 Å². The van der Waals surface area contributed by atoms with E-state index in [1.807, 2.05) is 6.92 Å². The monoisotopic (exact) mass is 216 g/mol. The summed E-state index contributed by atoms with van der Waals surface area (Å²) in [5.74, 6) is -1.53. The Hall–Kier alpha value is -1.06. The minimum atomic E-state index is -0.812. The van der Waals surface area contributed by atoms with Gasteiger partial charge in [0.1, 0.15) is 0 Å². The van der Waals surface area contributed by atoms with Gasteiger partial charge in [0, 0.05) is 6.42 Å². The molecule has 1 unspecified atom stereocenters. The Morgan fingerprint density at radius 1 is 1.27 bits per heavy atom. The maximum absolute atomic E-state index is 11.0. The maximum atomic E-state index is 11.0. The van der Waals surface area contributed by atoms with E-state index < -0.39 is 11.9 Å². The van der Waals surface area contributed by atoms with Crippen molar-refractivity contribution in [3.05, 3.63) is 0 Å². The lowest BCUT2D eigenvalue weighted by Crippen LogP contribution is -2.16. The summed E-state index contributed by atoms with van der Waals surface area (Å²) in [6.45, 7) is 4.11. The first-order valence-corrected chi connectivity index (χ1v) is 5.50. The summed E-state index contributed by atoms with van der Waals surface area (Å²) in [6, 6.07) is 0. The largest absolute Gasteiger partial charge is 0.481 e. The SMILES string of the molecule is CCCCC(CCC(=O)OCC)C(=O)O. The molecule has 1 N–H and O–H groups in total. The summed E-state index contributed by atoms with van der Waals surface area (Å²) >= 11 is 0. The van der Waals surface area contributed by atoms with E-state index in [0.29, 0.717) is 19.4 Å². The van der Waals surface area contributed by atoms with E-state index in [4.69, 9.17) is 9.84 Å². The maximum Gasteiger partial charge on any atom is 0.306 e. The highest BCUT2D eigenvalue weighted by Gasteiger charge is 2.18. The number of unbranched alkanes of at least 4 members (excludes halogenated alkanes) is 1. The Kier molecular flexibility index (Phi) is 7.68. The van der Waals surface area contributed by atoms with E-state index in [1.165, 1.54) is 0 Å². The van der Waals surface area contributed by atoms with Crippen LogP contribution < -0.4 is 0 Å². The molecule has 0 heterocycles. The van der Waals surface area contributed by atoms with Gasteiger partial charge in [-0.25, -0.2) is 0 Å². The van der Waals surface area contributed by atoms with Crippen molar-refractivity contribution in [2.24, 2.45) is 5.92 Å². The molecule has 4 heteroatoms. The van der Waals surface area contributed by atoms with Crippen molar-refractivity contribution in [2.75, 3.05) is 6.61 Å². The number of carbonyl (C=O) groups is 2. The average Bonchev–Trinajstić information content (AvgIpc) is 2.17. The van der Waals surface area contributed by atoms with Gasteiger partial charge >= 0.3 is 11.9 Å². The van der Waals surface area contributed by atoms with Gasteiger partial charge in [0.2, 0.25) is 0 Å². The Labute approximate surface area is 90.6 Å². The number of rotatable bonds is 8. The normalized spacial score (nSPS) is 12.1. The third-order valence-corrected chi connectivity index (χ3v) is 2.26. The van der Waals surface area contributed by atoms with Gasteiger partial charge in [0.05, 0.1) is 12.5 Å². The van der Waals surface area contributed by atoms with E-state index in [2.05, 4.69) is 0 Å². The van der Waals surface area contributed by atoms with Gasteiger partial charge < -0.3 is 9.84 Å². The van der Waals surface area contributed by atoms with Gasteiger partial charge in [-0.05, 0) is 19.8 Å². The van der Waals surface area contributed by atoms with E-state index >= 15 is 0 Å². The molecule has 15 heavy (non-hydrogen) atoms. The predicted octanol–water partition coefficient (Wildman–Crippen LogP) is 2.22. The Morgan fingerprint density at radius 3 is 2.40 bits per heavy atom. The standard InChI is InChI=1S/C11H20O4/c1-3-5-6-9(11(13)14)7-8-10(12)15-4-2/h9H,3-8H2,1-2H3,(H,13,14). The van der Waals surface area contributed by atoms with Gasteiger partial charge in [-0.3, -0.25) is 9.59 Å².